The zero-order valence-corrected chi connectivity index (χ0v) is 13.5. The van der Waals surface area contributed by atoms with E-state index in [-0.39, 0.29) is 6.61 Å². The van der Waals surface area contributed by atoms with Gasteiger partial charge in [0.05, 0.1) is 27.9 Å². The highest BCUT2D eigenvalue weighted by molar-refractivity contribution is 7.84. The van der Waals surface area contributed by atoms with E-state index in [2.05, 4.69) is 6.58 Å². The number of esters is 1. The average Bonchev–Trinajstić information content (AvgIpc) is 2.32. The Kier molecular flexibility index (Phi) is 7.60. The molecule has 0 saturated carbocycles. The fourth-order valence-corrected chi connectivity index (χ4v) is 1.98. The summed E-state index contributed by atoms with van der Waals surface area (Å²) in [5.74, 6) is -1.14. The number of hydrogen-bond acceptors (Lipinski definition) is 3. The second-order valence-corrected chi connectivity index (χ2v) is 7.49. The fraction of sp³-hybridized carbons (Fsp3) is 0.769. The van der Waals surface area contributed by atoms with Crippen LogP contribution in [0.4, 0.5) is 13.2 Å². The van der Waals surface area contributed by atoms with E-state index in [0.29, 0.717) is 6.42 Å². The van der Waals surface area contributed by atoms with E-state index < -0.39 is 39.5 Å². The van der Waals surface area contributed by atoms with Crippen molar-refractivity contribution in [2.75, 3.05) is 6.61 Å². The van der Waals surface area contributed by atoms with E-state index in [1.807, 2.05) is 11.6 Å². The van der Waals surface area contributed by atoms with Crippen molar-refractivity contribution >= 4 is 17.0 Å². The van der Waals surface area contributed by atoms with Gasteiger partial charge in [0.2, 0.25) is 0 Å². The Labute approximate surface area is 125 Å². The minimum atomic E-state index is -4.79. The van der Waals surface area contributed by atoms with Crippen LogP contribution in [0.2, 0.25) is 0 Å². The summed E-state index contributed by atoms with van der Waals surface area (Å²) >= 11 is 0. The molecule has 0 fully saturated rings. The number of hydrogen-bond donors (Lipinski definition) is 1. The van der Waals surface area contributed by atoms with Gasteiger partial charge in [-0.3, -0.25) is 0 Å². The summed E-state index contributed by atoms with van der Waals surface area (Å²) in [5.41, 5.74) is -0.795. The van der Waals surface area contributed by atoms with Gasteiger partial charge in [0.15, 0.2) is 0 Å². The molecule has 0 aliphatic heterocycles. The third kappa shape index (κ3) is 7.08. The molecule has 0 rings (SSSR count). The molecule has 0 aromatic heterocycles. The maximum atomic E-state index is 13.0. The van der Waals surface area contributed by atoms with Gasteiger partial charge in [-0.25, -0.2) is 13.7 Å². The highest BCUT2D eigenvalue weighted by Crippen LogP contribution is 2.27. The molecule has 0 aliphatic carbocycles. The van der Waals surface area contributed by atoms with Crippen LogP contribution in [0.5, 0.6) is 0 Å². The minimum Gasteiger partial charge on any atom is -0.462 e. The summed E-state index contributed by atoms with van der Waals surface area (Å²) in [5, 5.41) is 0. The predicted molar refractivity (Wildman–Crippen MR) is 75.9 cm³/mol. The van der Waals surface area contributed by atoms with Gasteiger partial charge in [-0.1, -0.05) is 19.9 Å². The molecule has 0 amide bonds. The van der Waals surface area contributed by atoms with Gasteiger partial charge in [0.1, 0.15) is 6.04 Å². The van der Waals surface area contributed by atoms with Gasteiger partial charge >= 0.3 is 12.1 Å². The highest BCUT2D eigenvalue weighted by atomic mass is 32.2. The topological polar surface area (TPSA) is 55.4 Å². The lowest BCUT2D eigenvalue weighted by Gasteiger charge is -2.26. The maximum Gasteiger partial charge on any atom is 0.409 e. The third-order valence-corrected chi connectivity index (χ3v) is 4.01. The number of carbonyl (C=O) groups excluding carboxylic acids is 1. The van der Waals surface area contributed by atoms with Crippen molar-refractivity contribution in [1.29, 1.82) is 0 Å². The maximum absolute atomic E-state index is 13.0. The first-order chi connectivity index (χ1) is 9.41. The molecule has 124 valence electrons. The molecule has 2 atom stereocenters. The van der Waals surface area contributed by atoms with Crippen LogP contribution in [-0.2, 0) is 20.5 Å². The van der Waals surface area contributed by atoms with E-state index in [1.165, 1.54) is 20.8 Å². The van der Waals surface area contributed by atoms with E-state index in [1.54, 1.807) is 0 Å². The van der Waals surface area contributed by atoms with Crippen LogP contribution in [0.1, 0.15) is 40.5 Å². The van der Waals surface area contributed by atoms with Crippen LogP contribution in [0.25, 0.3) is 0 Å². The molecule has 0 saturated heterocycles. The summed E-state index contributed by atoms with van der Waals surface area (Å²) in [4.78, 5) is 11.6. The Morgan fingerprint density at radius 2 is 1.86 bits per heavy atom. The Hall–Kier alpha value is -0.890. The molecule has 1 N–H and O–H groups in total. The van der Waals surface area contributed by atoms with Crippen molar-refractivity contribution in [2.45, 2.75) is 57.5 Å². The Morgan fingerprint density at radius 1 is 1.33 bits per heavy atom. The lowest BCUT2D eigenvalue weighted by molar-refractivity contribution is -0.154. The molecule has 0 unspecified atom stereocenters. The summed E-state index contributed by atoms with van der Waals surface area (Å²) in [6.45, 7) is 9.59. The zero-order chi connectivity index (χ0) is 16.8. The first-order valence-electron chi connectivity index (χ1n) is 6.52. The SMILES string of the molecule is C=C(C(=O)OCCCC)[C@H](N[S@@](=O)C(C)(C)C)C(F)(F)F. The van der Waals surface area contributed by atoms with Crippen molar-refractivity contribution in [1.82, 2.24) is 4.72 Å². The Bertz CT molecular complexity index is 402. The second kappa shape index (κ2) is 7.93. The smallest absolute Gasteiger partial charge is 0.409 e. The van der Waals surface area contributed by atoms with Crippen LogP contribution in [0.15, 0.2) is 12.2 Å². The third-order valence-electron chi connectivity index (χ3n) is 2.45. The van der Waals surface area contributed by atoms with E-state index in [4.69, 9.17) is 4.74 Å². The summed E-state index contributed by atoms with van der Waals surface area (Å²) < 4.78 is 56.5. The minimum absolute atomic E-state index is 0.0291. The van der Waals surface area contributed by atoms with Crippen molar-refractivity contribution in [3.63, 3.8) is 0 Å². The van der Waals surface area contributed by atoms with Crippen LogP contribution in [0, 0.1) is 0 Å². The Balaban J connectivity index is 4.97. The zero-order valence-electron chi connectivity index (χ0n) is 12.7. The number of rotatable bonds is 7. The van der Waals surface area contributed by atoms with Crippen molar-refractivity contribution in [3.05, 3.63) is 12.2 Å². The first-order valence-corrected chi connectivity index (χ1v) is 7.67. The van der Waals surface area contributed by atoms with Crippen LogP contribution in [0.3, 0.4) is 0 Å². The lowest BCUT2D eigenvalue weighted by atomic mass is 10.1. The molecule has 0 heterocycles. The van der Waals surface area contributed by atoms with Gasteiger partial charge < -0.3 is 4.74 Å². The van der Waals surface area contributed by atoms with Gasteiger partial charge in [-0.05, 0) is 27.2 Å². The largest absolute Gasteiger partial charge is 0.462 e. The molecule has 8 heteroatoms. The van der Waals surface area contributed by atoms with E-state index in [0.717, 1.165) is 6.42 Å². The molecule has 0 radical (unpaired) electrons. The van der Waals surface area contributed by atoms with Crippen LogP contribution < -0.4 is 4.72 Å². The molecule has 0 aromatic carbocycles. The van der Waals surface area contributed by atoms with Crippen molar-refractivity contribution in [3.8, 4) is 0 Å². The molecular formula is C13H22F3NO3S. The summed E-state index contributed by atoms with van der Waals surface area (Å²) in [6, 6.07) is -2.40. The quantitative estimate of drug-likeness (QED) is 0.444. The van der Waals surface area contributed by atoms with Gasteiger partial charge in [0, 0.05) is 0 Å². The van der Waals surface area contributed by atoms with Crippen molar-refractivity contribution < 1.29 is 26.9 Å². The molecule has 21 heavy (non-hydrogen) atoms. The van der Waals surface area contributed by atoms with Gasteiger partial charge in [0.25, 0.3) is 0 Å². The number of nitrogens with one attached hydrogen (secondary N) is 1. The average molecular weight is 329 g/mol. The number of ether oxygens (including phenoxy) is 1. The number of halogens is 3. The van der Waals surface area contributed by atoms with Crippen LogP contribution in [-0.4, -0.2) is 33.8 Å². The van der Waals surface area contributed by atoms with E-state index in [9.17, 15) is 22.2 Å². The summed E-state index contributed by atoms with van der Waals surface area (Å²) in [7, 11) is -2.00. The van der Waals surface area contributed by atoms with Crippen molar-refractivity contribution in [2.24, 2.45) is 0 Å². The Morgan fingerprint density at radius 3 is 2.24 bits per heavy atom. The first kappa shape index (κ1) is 20.1. The number of alkyl halides is 3. The number of carbonyl (C=O) groups is 1. The number of unbranched alkanes of at least 4 members (excludes halogenated alkanes) is 1. The predicted octanol–water partition coefficient (Wildman–Crippen LogP) is 2.87. The molecular weight excluding hydrogens is 307 g/mol. The van der Waals surface area contributed by atoms with Gasteiger partial charge in [-0.15, -0.1) is 0 Å². The molecule has 4 nitrogen and oxygen atoms in total. The van der Waals surface area contributed by atoms with Crippen LogP contribution >= 0.6 is 0 Å². The van der Waals surface area contributed by atoms with Gasteiger partial charge in [-0.2, -0.15) is 13.2 Å². The van der Waals surface area contributed by atoms with E-state index >= 15 is 0 Å². The molecule has 0 aliphatic rings. The second-order valence-electron chi connectivity index (χ2n) is 5.49. The highest BCUT2D eigenvalue weighted by Gasteiger charge is 2.46. The summed E-state index contributed by atoms with van der Waals surface area (Å²) in [6.07, 6.45) is -3.49. The normalized spacial score (nSPS) is 15.4. The lowest BCUT2D eigenvalue weighted by Crippen LogP contribution is -2.49. The molecule has 0 aromatic rings. The molecule has 0 bridgehead atoms. The molecule has 0 spiro atoms. The fourth-order valence-electron chi connectivity index (χ4n) is 1.14. The monoisotopic (exact) mass is 329 g/mol. The standard InChI is InChI=1S/C13H22F3NO3S/c1-6-7-8-20-11(18)9(2)10(13(14,15)16)17-21(19)12(3,4)5/h10,17H,2,6-8H2,1,3-5H3/t10-,21-/m0/s1.